The van der Waals surface area contributed by atoms with Crippen molar-refractivity contribution < 1.29 is 26.4 Å². The second kappa shape index (κ2) is 10.1. The van der Waals surface area contributed by atoms with E-state index in [-0.39, 0.29) is 18.9 Å². The molecule has 0 bridgehead atoms. The Morgan fingerprint density at radius 1 is 1.20 bits per heavy atom. The average molecular weight is 449 g/mol. The number of guanidine groups is 1. The Balaban J connectivity index is 2.22. The van der Waals surface area contributed by atoms with Crippen molar-refractivity contribution in [3.63, 3.8) is 0 Å². The predicted molar refractivity (Wildman–Crippen MR) is 106 cm³/mol. The van der Waals surface area contributed by atoms with E-state index >= 15 is 0 Å². The molecular formula is C18H26F3N5O3S. The lowest BCUT2D eigenvalue weighted by atomic mass is 10.1. The second-order valence-electron chi connectivity index (χ2n) is 7.03. The lowest BCUT2D eigenvalue weighted by Crippen LogP contribution is -2.50. The molecule has 0 saturated carbocycles. The standard InChI is InChI=1S/C18H26F3N5O3S/c19-18(20,21)13-6-4-7-14(12-13)30(28,29)25-15(8-5-9-24-17(22)23)16(27)26-10-2-1-3-11-26/h4,6-7,12,15,25H,1-3,5,8-11H2,(H4,22,23,24). The van der Waals surface area contributed by atoms with Crippen LogP contribution in [0.1, 0.15) is 37.7 Å². The molecule has 1 unspecified atom stereocenters. The number of nitrogens with two attached hydrogens (primary N) is 2. The number of hydrogen-bond acceptors (Lipinski definition) is 4. The fourth-order valence-electron chi connectivity index (χ4n) is 3.17. The van der Waals surface area contributed by atoms with E-state index < -0.39 is 38.6 Å². The highest BCUT2D eigenvalue weighted by Gasteiger charge is 2.33. The van der Waals surface area contributed by atoms with Crippen LogP contribution in [0, 0.1) is 0 Å². The van der Waals surface area contributed by atoms with Crippen LogP contribution in [-0.4, -0.2) is 50.9 Å². The number of rotatable bonds is 8. The number of hydrogen-bond donors (Lipinski definition) is 3. The van der Waals surface area contributed by atoms with E-state index in [9.17, 15) is 26.4 Å². The monoisotopic (exact) mass is 449 g/mol. The molecule has 2 rings (SSSR count). The van der Waals surface area contributed by atoms with Crippen LogP contribution in [-0.2, 0) is 21.0 Å². The molecule has 30 heavy (non-hydrogen) atoms. The SMILES string of the molecule is NC(N)=NCCCC(NS(=O)(=O)c1cccc(C(F)(F)F)c1)C(=O)N1CCCCC1. The predicted octanol–water partition coefficient (Wildman–Crippen LogP) is 1.42. The van der Waals surface area contributed by atoms with Crippen molar-refractivity contribution in [2.24, 2.45) is 16.5 Å². The molecule has 1 aromatic carbocycles. The van der Waals surface area contributed by atoms with Crippen molar-refractivity contribution in [3.8, 4) is 0 Å². The van der Waals surface area contributed by atoms with Crippen LogP contribution in [0.5, 0.6) is 0 Å². The summed E-state index contributed by atoms with van der Waals surface area (Å²) in [5, 5.41) is 0. The van der Waals surface area contributed by atoms with Gasteiger partial charge in [0.05, 0.1) is 10.5 Å². The molecule has 0 aromatic heterocycles. The molecule has 0 aliphatic carbocycles. The number of carbonyl (C=O) groups excluding carboxylic acids is 1. The van der Waals surface area contributed by atoms with E-state index in [0.29, 0.717) is 25.6 Å². The van der Waals surface area contributed by atoms with Crippen LogP contribution in [0.15, 0.2) is 34.2 Å². The van der Waals surface area contributed by atoms with E-state index in [1.54, 1.807) is 4.90 Å². The molecule has 5 N–H and O–H groups in total. The summed E-state index contributed by atoms with van der Waals surface area (Å²) in [4.78, 5) is 17.7. The Kier molecular flexibility index (Phi) is 8.07. The zero-order valence-corrected chi connectivity index (χ0v) is 17.2. The summed E-state index contributed by atoms with van der Waals surface area (Å²) in [5.41, 5.74) is 9.44. The first-order valence-corrected chi connectivity index (χ1v) is 11.0. The molecule has 0 spiro atoms. The number of nitrogens with zero attached hydrogens (tertiary/aromatic N) is 2. The number of sulfonamides is 1. The maximum absolute atomic E-state index is 13.0. The molecule has 1 aromatic rings. The van der Waals surface area contributed by atoms with Gasteiger partial charge in [0, 0.05) is 19.6 Å². The van der Waals surface area contributed by atoms with Gasteiger partial charge < -0.3 is 16.4 Å². The Hall–Kier alpha value is -2.34. The van der Waals surface area contributed by atoms with E-state index in [2.05, 4.69) is 9.71 Å². The van der Waals surface area contributed by atoms with Crippen molar-refractivity contribution in [2.45, 2.75) is 49.2 Å². The molecule has 168 valence electrons. The topological polar surface area (TPSA) is 131 Å². The van der Waals surface area contributed by atoms with Gasteiger partial charge in [0.15, 0.2) is 5.96 Å². The normalized spacial score (nSPS) is 16.2. The summed E-state index contributed by atoms with van der Waals surface area (Å²) in [6.07, 6.45) is -1.67. The molecule has 1 atom stereocenters. The molecule has 12 heteroatoms. The molecule has 1 heterocycles. The summed E-state index contributed by atoms with van der Waals surface area (Å²) in [7, 11) is -4.36. The van der Waals surface area contributed by atoms with Gasteiger partial charge in [-0.05, 0) is 50.3 Å². The van der Waals surface area contributed by atoms with Gasteiger partial charge >= 0.3 is 6.18 Å². The highest BCUT2D eigenvalue weighted by molar-refractivity contribution is 7.89. The summed E-state index contributed by atoms with van der Waals surface area (Å²) in [6, 6.07) is 2.27. The number of aliphatic imine (C=N–C) groups is 1. The first-order chi connectivity index (χ1) is 14.0. The summed E-state index contributed by atoms with van der Waals surface area (Å²) < 4.78 is 66.6. The fourth-order valence-corrected chi connectivity index (χ4v) is 4.44. The Labute approximate surface area is 173 Å². The largest absolute Gasteiger partial charge is 0.416 e. The Morgan fingerprint density at radius 3 is 2.47 bits per heavy atom. The minimum Gasteiger partial charge on any atom is -0.370 e. The lowest BCUT2D eigenvalue weighted by Gasteiger charge is -2.30. The Bertz CT molecular complexity index is 864. The molecule has 1 aliphatic heterocycles. The maximum atomic E-state index is 13.0. The second-order valence-corrected chi connectivity index (χ2v) is 8.75. The summed E-state index contributed by atoms with van der Waals surface area (Å²) >= 11 is 0. The van der Waals surface area contributed by atoms with Gasteiger partial charge in [-0.1, -0.05) is 6.07 Å². The van der Waals surface area contributed by atoms with E-state index in [1.807, 2.05) is 0 Å². The van der Waals surface area contributed by atoms with Crippen molar-refractivity contribution in [1.29, 1.82) is 0 Å². The molecule has 1 amide bonds. The molecule has 1 saturated heterocycles. The average Bonchev–Trinajstić information content (AvgIpc) is 2.69. The number of benzene rings is 1. The lowest BCUT2D eigenvalue weighted by molar-refractivity contribution is -0.137. The first kappa shape index (κ1) is 23.9. The smallest absolute Gasteiger partial charge is 0.370 e. The van der Waals surface area contributed by atoms with Crippen molar-refractivity contribution >= 4 is 21.9 Å². The summed E-state index contributed by atoms with van der Waals surface area (Å²) in [6.45, 7) is 1.21. The van der Waals surface area contributed by atoms with Crippen LogP contribution < -0.4 is 16.2 Å². The zero-order chi connectivity index (χ0) is 22.4. The number of piperidine rings is 1. The number of alkyl halides is 3. The Morgan fingerprint density at radius 2 is 1.87 bits per heavy atom. The van der Waals surface area contributed by atoms with Gasteiger partial charge in [-0.2, -0.15) is 17.9 Å². The number of amides is 1. The highest BCUT2D eigenvalue weighted by Crippen LogP contribution is 2.30. The first-order valence-electron chi connectivity index (χ1n) is 9.54. The van der Waals surface area contributed by atoms with Crippen molar-refractivity contribution in [2.75, 3.05) is 19.6 Å². The molecule has 8 nitrogen and oxygen atoms in total. The third-order valence-corrected chi connectivity index (χ3v) is 6.15. The molecule has 1 fully saturated rings. The van der Waals surface area contributed by atoms with Gasteiger partial charge in [-0.3, -0.25) is 9.79 Å². The minimum atomic E-state index is -4.69. The number of nitrogens with one attached hydrogen (secondary N) is 1. The van der Waals surface area contributed by atoms with Crippen LogP contribution in [0.25, 0.3) is 0 Å². The van der Waals surface area contributed by atoms with Crippen molar-refractivity contribution in [1.82, 2.24) is 9.62 Å². The van der Waals surface area contributed by atoms with Gasteiger partial charge in [-0.25, -0.2) is 8.42 Å². The van der Waals surface area contributed by atoms with Crippen LogP contribution >= 0.6 is 0 Å². The zero-order valence-electron chi connectivity index (χ0n) is 16.4. The van der Waals surface area contributed by atoms with E-state index in [4.69, 9.17) is 11.5 Å². The number of likely N-dealkylation sites (tertiary alicyclic amines) is 1. The summed E-state index contributed by atoms with van der Waals surface area (Å²) in [5.74, 6) is -0.534. The van der Waals surface area contributed by atoms with Crippen molar-refractivity contribution in [3.05, 3.63) is 29.8 Å². The molecular weight excluding hydrogens is 423 g/mol. The maximum Gasteiger partial charge on any atom is 0.416 e. The van der Waals surface area contributed by atoms with Crippen LogP contribution in [0.2, 0.25) is 0 Å². The van der Waals surface area contributed by atoms with Gasteiger partial charge in [0.1, 0.15) is 6.04 Å². The van der Waals surface area contributed by atoms with Crippen LogP contribution in [0.4, 0.5) is 13.2 Å². The van der Waals surface area contributed by atoms with Gasteiger partial charge in [0.2, 0.25) is 15.9 Å². The molecule has 0 radical (unpaired) electrons. The fraction of sp³-hybridized carbons (Fsp3) is 0.556. The van der Waals surface area contributed by atoms with Gasteiger partial charge in [-0.15, -0.1) is 0 Å². The molecule has 1 aliphatic rings. The third-order valence-electron chi connectivity index (χ3n) is 4.68. The highest BCUT2D eigenvalue weighted by atomic mass is 32.2. The van der Waals surface area contributed by atoms with Gasteiger partial charge in [0.25, 0.3) is 0 Å². The van der Waals surface area contributed by atoms with Crippen LogP contribution in [0.3, 0.4) is 0 Å². The van der Waals surface area contributed by atoms with E-state index in [1.165, 1.54) is 0 Å². The number of halogens is 3. The quantitative estimate of drug-likeness (QED) is 0.314. The number of carbonyl (C=O) groups is 1. The minimum absolute atomic E-state index is 0.101. The third kappa shape index (κ3) is 6.87. The van der Waals surface area contributed by atoms with E-state index in [0.717, 1.165) is 37.5 Å².